The Morgan fingerprint density at radius 1 is 1.22 bits per heavy atom. The van der Waals surface area contributed by atoms with Gasteiger partial charge in [0, 0.05) is 18.7 Å². The number of piperidine rings is 1. The van der Waals surface area contributed by atoms with Crippen LogP contribution in [0.15, 0.2) is 18.2 Å². The second-order valence-electron chi connectivity index (χ2n) is 5.89. The third-order valence-electron chi connectivity index (χ3n) is 4.03. The summed E-state index contributed by atoms with van der Waals surface area (Å²) in [5.41, 5.74) is 12.5. The first-order valence-electron chi connectivity index (χ1n) is 7.60. The molecular formula is C16H22N4O3. The summed E-state index contributed by atoms with van der Waals surface area (Å²) in [4.78, 5) is 36.9. The van der Waals surface area contributed by atoms with E-state index in [0.717, 1.165) is 11.1 Å². The van der Waals surface area contributed by atoms with Gasteiger partial charge in [-0.3, -0.25) is 20.4 Å². The number of urea groups is 1. The van der Waals surface area contributed by atoms with Gasteiger partial charge >= 0.3 is 6.03 Å². The number of nitrogens with zero attached hydrogens (tertiary/aromatic N) is 1. The van der Waals surface area contributed by atoms with E-state index in [0.29, 0.717) is 24.9 Å². The zero-order valence-corrected chi connectivity index (χ0v) is 13.4. The molecule has 2 rings (SSSR count). The number of amides is 4. The van der Waals surface area contributed by atoms with Crippen LogP contribution in [0.5, 0.6) is 0 Å². The summed E-state index contributed by atoms with van der Waals surface area (Å²) < 4.78 is 0. The number of nitrogens with two attached hydrogens (primary N) is 1. The second kappa shape index (κ2) is 7.13. The Labute approximate surface area is 135 Å². The molecule has 1 aromatic rings. The minimum atomic E-state index is -0.526. The van der Waals surface area contributed by atoms with Crippen molar-refractivity contribution in [2.24, 2.45) is 11.7 Å². The van der Waals surface area contributed by atoms with Crippen molar-refractivity contribution >= 4 is 17.8 Å². The molecule has 1 saturated heterocycles. The molecule has 4 N–H and O–H groups in total. The summed E-state index contributed by atoms with van der Waals surface area (Å²) in [5.74, 6) is -1.04. The maximum atomic E-state index is 12.1. The average Bonchev–Trinajstić information content (AvgIpc) is 2.52. The van der Waals surface area contributed by atoms with Crippen LogP contribution in [0.2, 0.25) is 0 Å². The van der Waals surface area contributed by atoms with Crippen molar-refractivity contribution in [1.82, 2.24) is 15.8 Å². The number of carbonyl (C=O) groups is 3. The molecule has 4 amide bonds. The van der Waals surface area contributed by atoms with Crippen molar-refractivity contribution in [2.45, 2.75) is 26.7 Å². The molecule has 1 aliphatic heterocycles. The maximum Gasteiger partial charge on any atom is 0.314 e. The van der Waals surface area contributed by atoms with Crippen LogP contribution in [0.4, 0.5) is 4.79 Å². The van der Waals surface area contributed by atoms with Gasteiger partial charge in [0.05, 0.1) is 5.92 Å². The van der Waals surface area contributed by atoms with Crippen molar-refractivity contribution in [1.29, 1.82) is 0 Å². The van der Waals surface area contributed by atoms with Crippen molar-refractivity contribution in [2.75, 3.05) is 13.1 Å². The van der Waals surface area contributed by atoms with E-state index in [9.17, 15) is 14.4 Å². The van der Waals surface area contributed by atoms with E-state index in [-0.39, 0.29) is 24.3 Å². The van der Waals surface area contributed by atoms with Gasteiger partial charge in [0.1, 0.15) is 0 Å². The Morgan fingerprint density at radius 2 is 1.96 bits per heavy atom. The first-order valence-corrected chi connectivity index (χ1v) is 7.60. The van der Waals surface area contributed by atoms with Crippen molar-refractivity contribution in [3.63, 3.8) is 0 Å². The van der Waals surface area contributed by atoms with E-state index < -0.39 is 6.03 Å². The number of likely N-dealkylation sites (tertiary alicyclic amines) is 1. The predicted octanol–water partition coefficient (Wildman–Crippen LogP) is 0.855. The molecule has 0 saturated carbocycles. The molecule has 7 heteroatoms. The summed E-state index contributed by atoms with van der Waals surface area (Å²) in [6.45, 7) is 4.63. The Hall–Kier alpha value is -2.57. The lowest BCUT2D eigenvalue weighted by Crippen LogP contribution is -2.51. The van der Waals surface area contributed by atoms with E-state index in [2.05, 4.69) is 10.9 Å². The summed E-state index contributed by atoms with van der Waals surface area (Å²) >= 11 is 0. The zero-order valence-electron chi connectivity index (χ0n) is 13.4. The van der Waals surface area contributed by atoms with Gasteiger partial charge in [0.2, 0.25) is 5.91 Å². The molecule has 0 aromatic heterocycles. The molecule has 0 radical (unpaired) electrons. The van der Waals surface area contributed by atoms with Crippen molar-refractivity contribution in [3.8, 4) is 0 Å². The SMILES string of the molecule is Cc1ccc(C(=O)NNC(=O)[C@H]2CCCN(C(N)=O)C2)c(C)c1. The van der Waals surface area contributed by atoms with Gasteiger partial charge in [-0.05, 0) is 38.3 Å². The molecule has 0 spiro atoms. The van der Waals surface area contributed by atoms with Gasteiger partial charge in [-0.25, -0.2) is 4.79 Å². The van der Waals surface area contributed by atoms with Crippen LogP contribution in [0.25, 0.3) is 0 Å². The first kappa shape index (κ1) is 16.8. The lowest BCUT2D eigenvalue weighted by atomic mass is 9.98. The Bertz CT molecular complexity index is 630. The fraction of sp³-hybridized carbons (Fsp3) is 0.438. The highest BCUT2D eigenvalue weighted by Crippen LogP contribution is 2.16. The number of hydrogen-bond donors (Lipinski definition) is 3. The standard InChI is InChI=1S/C16H22N4O3/c1-10-5-6-13(11(2)8-10)15(22)19-18-14(21)12-4-3-7-20(9-12)16(17)23/h5-6,8,12H,3-4,7,9H2,1-2H3,(H2,17,23)(H,18,21)(H,19,22)/t12-/m0/s1. The van der Waals surface area contributed by atoms with Crippen LogP contribution in [-0.4, -0.2) is 35.8 Å². The molecule has 124 valence electrons. The number of hydrazine groups is 1. The van der Waals surface area contributed by atoms with Crippen molar-refractivity contribution < 1.29 is 14.4 Å². The van der Waals surface area contributed by atoms with Crippen LogP contribution in [0, 0.1) is 19.8 Å². The quantitative estimate of drug-likeness (QED) is 0.704. The van der Waals surface area contributed by atoms with E-state index >= 15 is 0 Å². The second-order valence-corrected chi connectivity index (χ2v) is 5.89. The Balaban J connectivity index is 1.91. The largest absolute Gasteiger partial charge is 0.351 e. The molecule has 0 aliphatic carbocycles. The Morgan fingerprint density at radius 3 is 2.61 bits per heavy atom. The number of nitrogens with one attached hydrogen (secondary N) is 2. The van der Waals surface area contributed by atoms with Crippen LogP contribution in [-0.2, 0) is 4.79 Å². The van der Waals surface area contributed by atoms with E-state index in [1.807, 2.05) is 26.0 Å². The molecule has 7 nitrogen and oxygen atoms in total. The number of primary amides is 1. The van der Waals surface area contributed by atoms with Crippen molar-refractivity contribution in [3.05, 3.63) is 34.9 Å². The lowest BCUT2D eigenvalue weighted by Gasteiger charge is -2.30. The highest BCUT2D eigenvalue weighted by atomic mass is 16.2. The van der Waals surface area contributed by atoms with E-state index in [4.69, 9.17) is 5.73 Å². The Kier molecular flexibility index (Phi) is 5.20. The van der Waals surface area contributed by atoms with Gasteiger partial charge < -0.3 is 10.6 Å². The summed E-state index contributed by atoms with van der Waals surface area (Å²) in [6, 6.07) is 4.95. The van der Waals surface area contributed by atoms with Gasteiger partial charge in [-0.15, -0.1) is 0 Å². The molecule has 0 bridgehead atoms. The highest BCUT2D eigenvalue weighted by molar-refractivity contribution is 5.96. The number of aryl methyl sites for hydroxylation is 2. The predicted molar refractivity (Wildman–Crippen MR) is 85.4 cm³/mol. The average molecular weight is 318 g/mol. The summed E-state index contributed by atoms with van der Waals surface area (Å²) in [5, 5.41) is 0. The highest BCUT2D eigenvalue weighted by Gasteiger charge is 2.27. The third kappa shape index (κ3) is 4.21. The first-order chi connectivity index (χ1) is 10.9. The van der Waals surface area contributed by atoms with Gasteiger partial charge in [0.25, 0.3) is 5.91 Å². The van der Waals surface area contributed by atoms with Crippen LogP contribution < -0.4 is 16.6 Å². The van der Waals surface area contributed by atoms with Gasteiger partial charge in [0.15, 0.2) is 0 Å². The van der Waals surface area contributed by atoms with Crippen LogP contribution in [0.3, 0.4) is 0 Å². The number of carbonyl (C=O) groups excluding carboxylic acids is 3. The molecule has 1 aromatic carbocycles. The zero-order chi connectivity index (χ0) is 17.0. The summed E-state index contributed by atoms with van der Waals surface area (Å²) in [7, 11) is 0. The normalized spacial score (nSPS) is 17.5. The van der Waals surface area contributed by atoms with Crippen LogP contribution in [0.1, 0.15) is 34.3 Å². The third-order valence-corrected chi connectivity index (χ3v) is 4.03. The summed E-state index contributed by atoms with van der Waals surface area (Å²) in [6.07, 6.45) is 1.38. The van der Waals surface area contributed by atoms with Gasteiger partial charge in [-0.2, -0.15) is 0 Å². The lowest BCUT2D eigenvalue weighted by molar-refractivity contribution is -0.127. The molecule has 1 aliphatic rings. The molecule has 0 unspecified atom stereocenters. The number of rotatable bonds is 2. The molecule has 23 heavy (non-hydrogen) atoms. The van der Waals surface area contributed by atoms with E-state index in [1.165, 1.54) is 4.90 Å². The number of hydrogen-bond acceptors (Lipinski definition) is 3. The maximum absolute atomic E-state index is 12.1. The minimum absolute atomic E-state index is 0.278. The monoisotopic (exact) mass is 318 g/mol. The molecular weight excluding hydrogens is 296 g/mol. The fourth-order valence-corrected chi connectivity index (χ4v) is 2.75. The topological polar surface area (TPSA) is 105 Å². The smallest absolute Gasteiger partial charge is 0.314 e. The fourth-order valence-electron chi connectivity index (χ4n) is 2.75. The molecule has 1 fully saturated rings. The molecule has 1 heterocycles. The minimum Gasteiger partial charge on any atom is -0.351 e. The van der Waals surface area contributed by atoms with Gasteiger partial charge in [-0.1, -0.05) is 17.7 Å². The van der Waals surface area contributed by atoms with E-state index in [1.54, 1.807) is 6.07 Å². The molecule has 1 atom stereocenters. The number of benzene rings is 1. The van der Waals surface area contributed by atoms with Crippen LogP contribution >= 0.6 is 0 Å².